The smallest absolute Gasteiger partial charge is 0.343 e. The van der Waals surface area contributed by atoms with Crippen LogP contribution in [0.5, 0.6) is 0 Å². The molecule has 6 nitrogen and oxygen atoms in total. The summed E-state index contributed by atoms with van der Waals surface area (Å²) in [7, 11) is 0. The van der Waals surface area contributed by atoms with E-state index in [4.69, 9.17) is 11.6 Å². The first-order chi connectivity index (χ1) is 13.7. The Morgan fingerprint density at radius 2 is 2.10 bits per heavy atom. The average molecular weight is 425 g/mol. The van der Waals surface area contributed by atoms with E-state index >= 15 is 0 Å². The van der Waals surface area contributed by atoms with Crippen molar-refractivity contribution in [3.05, 3.63) is 47.1 Å². The van der Waals surface area contributed by atoms with Gasteiger partial charge in [0.15, 0.2) is 5.82 Å². The van der Waals surface area contributed by atoms with Crippen LogP contribution in [0, 0.1) is 0 Å². The van der Waals surface area contributed by atoms with Gasteiger partial charge in [0.2, 0.25) is 11.8 Å². The number of carbonyl (C=O) groups is 2. The first kappa shape index (κ1) is 19.5. The van der Waals surface area contributed by atoms with Crippen molar-refractivity contribution in [2.45, 2.75) is 25.1 Å². The third-order valence-corrected chi connectivity index (χ3v) is 5.16. The zero-order valence-corrected chi connectivity index (χ0v) is 15.8. The normalized spacial score (nSPS) is 18.5. The zero-order valence-electron chi connectivity index (χ0n) is 15.0. The predicted octanol–water partition coefficient (Wildman–Crippen LogP) is 3.71. The fraction of sp³-hybridized carbons (Fsp3) is 0.316. The van der Waals surface area contributed by atoms with Gasteiger partial charge >= 0.3 is 6.18 Å². The van der Waals surface area contributed by atoms with E-state index in [0.29, 0.717) is 29.5 Å². The zero-order chi connectivity index (χ0) is 20.8. The number of halogens is 4. The van der Waals surface area contributed by atoms with Crippen molar-refractivity contribution in [1.29, 1.82) is 0 Å². The van der Waals surface area contributed by atoms with E-state index in [0.717, 1.165) is 18.6 Å². The molecule has 1 aromatic heterocycles. The molecule has 0 bridgehead atoms. The van der Waals surface area contributed by atoms with Gasteiger partial charge in [0.05, 0.1) is 16.3 Å². The van der Waals surface area contributed by atoms with Crippen LogP contribution in [-0.4, -0.2) is 35.9 Å². The lowest BCUT2D eigenvalue weighted by Gasteiger charge is -2.38. The average Bonchev–Trinajstić information content (AvgIpc) is 3.14. The maximum atomic E-state index is 12.9. The highest BCUT2D eigenvalue weighted by Crippen LogP contribution is 2.39. The molecule has 1 fully saturated rings. The minimum Gasteiger partial charge on any atom is -0.343 e. The predicted molar refractivity (Wildman–Crippen MR) is 102 cm³/mol. The summed E-state index contributed by atoms with van der Waals surface area (Å²) < 4.78 is 38.6. The molecule has 1 N–H and O–H groups in total. The molecule has 2 amide bonds. The Bertz CT molecular complexity index is 982. The molecule has 3 heterocycles. The number of pyridine rings is 1. The van der Waals surface area contributed by atoms with Crippen LogP contribution in [-0.2, 0) is 15.8 Å². The van der Waals surface area contributed by atoms with Crippen molar-refractivity contribution in [2.75, 3.05) is 28.2 Å². The van der Waals surface area contributed by atoms with Crippen molar-refractivity contribution in [3.63, 3.8) is 0 Å². The van der Waals surface area contributed by atoms with Crippen molar-refractivity contribution in [1.82, 2.24) is 4.98 Å². The SMILES string of the molecule is O=C(CN1C(=O)C2CCCN2c2ncc(Cl)cc21)Nc1cccc(C(F)(F)F)c1. The number of hydrogen-bond acceptors (Lipinski definition) is 4. The molecule has 0 saturated carbocycles. The molecule has 1 atom stereocenters. The third-order valence-electron chi connectivity index (χ3n) is 4.96. The minimum atomic E-state index is -4.52. The molecule has 4 rings (SSSR count). The molecule has 1 unspecified atom stereocenters. The Hall–Kier alpha value is -2.81. The van der Waals surface area contributed by atoms with Gasteiger partial charge < -0.3 is 10.2 Å². The fourth-order valence-corrected chi connectivity index (χ4v) is 3.85. The number of fused-ring (bicyclic) bond motifs is 3. The number of amides is 2. The Balaban J connectivity index is 1.57. The lowest BCUT2D eigenvalue weighted by atomic mass is 10.1. The summed E-state index contributed by atoms with van der Waals surface area (Å²) in [6.07, 6.45) is -1.57. The standard InChI is InChI=1S/C19H16ClF3N4O2/c20-12-8-15-17(24-9-12)26-6-2-5-14(26)18(29)27(15)10-16(28)25-13-4-1-3-11(7-13)19(21,22)23/h1,3-4,7-9,14H,2,5-6,10H2,(H,25,28). The van der Waals surface area contributed by atoms with E-state index in [2.05, 4.69) is 10.3 Å². The van der Waals surface area contributed by atoms with Crippen molar-refractivity contribution < 1.29 is 22.8 Å². The van der Waals surface area contributed by atoms with Crippen molar-refractivity contribution >= 4 is 40.6 Å². The second-order valence-electron chi connectivity index (χ2n) is 6.90. The molecule has 2 aromatic rings. The van der Waals surface area contributed by atoms with E-state index in [-0.39, 0.29) is 18.1 Å². The number of rotatable bonds is 3. The molecule has 29 heavy (non-hydrogen) atoms. The van der Waals surface area contributed by atoms with Gasteiger partial charge in [-0.25, -0.2) is 4.98 Å². The highest BCUT2D eigenvalue weighted by molar-refractivity contribution is 6.31. The Morgan fingerprint density at radius 1 is 1.31 bits per heavy atom. The van der Waals surface area contributed by atoms with Crippen LogP contribution in [0.15, 0.2) is 36.5 Å². The summed E-state index contributed by atoms with van der Waals surface area (Å²) in [6, 6.07) is 5.49. The van der Waals surface area contributed by atoms with E-state index < -0.39 is 23.7 Å². The number of hydrogen-bond donors (Lipinski definition) is 1. The first-order valence-corrected chi connectivity index (χ1v) is 9.32. The van der Waals surface area contributed by atoms with Crippen LogP contribution in [0.3, 0.4) is 0 Å². The van der Waals surface area contributed by atoms with Crippen LogP contribution in [0.2, 0.25) is 5.02 Å². The molecule has 152 valence electrons. The Labute approximate surface area is 169 Å². The number of anilines is 3. The van der Waals surface area contributed by atoms with Gasteiger partial charge in [-0.05, 0) is 37.1 Å². The van der Waals surface area contributed by atoms with Gasteiger partial charge in [-0.3, -0.25) is 14.5 Å². The lowest BCUT2D eigenvalue weighted by molar-refractivity contribution is -0.137. The molecule has 2 aliphatic rings. The van der Waals surface area contributed by atoms with Gasteiger partial charge in [-0.2, -0.15) is 13.2 Å². The Morgan fingerprint density at radius 3 is 2.86 bits per heavy atom. The van der Waals surface area contributed by atoms with Crippen molar-refractivity contribution in [3.8, 4) is 0 Å². The summed E-state index contributed by atoms with van der Waals surface area (Å²) in [5.74, 6) is -0.295. The molecule has 2 aliphatic heterocycles. The van der Waals surface area contributed by atoms with E-state index in [1.807, 2.05) is 4.90 Å². The van der Waals surface area contributed by atoms with E-state index in [1.165, 1.54) is 23.2 Å². The summed E-state index contributed by atoms with van der Waals surface area (Å²) in [6.45, 7) is 0.330. The van der Waals surface area contributed by atoms with E-state index in [9.17, 15) is 22.8 Å². The van der Waals surface area contributed by atoms with E-state index in [1.54, 1.807) is 6.07 Å². The largest absolute Gasteiger partial charge is 0.416 e. The first-order valence-electron chi connectivity index (χ1n) is 8.95. The monoisotopic (exact) mass is 424 g/mol. The summed E-state index contributed by atoms with van der Waals surface area (Å²) in [4.78, 5) is 33.0. The number of nitrogens with one attached hydrogen (secondary N) is 1. The van der Waals surface area contributed by atoms with Crippen LogP contribution < -0.4 is 15.1 Å². The number of nitrogens with zero attached hydrogens (tertiary/aromatic N) is 3. The van der Waals surface area contributed by atoms with Gasteiger partial charge in [0, 0.05) is 18.4 Å². The van der Waals surface area contributed by atoms with Gasteiger partial charge in [-0.1, -0.05) is 17.7 Å². The second-order valence-corrected chi connectivity index (χ2v) is 7.34. The quantitative estimate of drug-likeness (QED) is 0.815. The minimum absolute atomic E-state index is 0.00113. The molecule has 1 saturated heterocycles. The topological polar surface area (TPSA) is 65.5 Å². The van der Waals surface area contributed by atoms with Crippen LogP contribution in [0.1, 0.15) is 18.4 Å². The third kappa shape index (κ3) is 3.74. The van der Waals surface area contributed by atoms with Gasteiger partial charge in [-0.15, -0.1) is 0 Å². The number of carbonyl (C=O) groups excluding carboxylic acids is 2. The van der Waals surface area contributed by atoms with Crippen LogP contribution in [0.4, 0.5) is 30.4 Å². The molecule has 0 spiro atoms. The summed E-state index contributed by atoms with van der Waals surface area (Å²) in [5.41, 5.74) is -0.451. The maximum absolute atomic E-state index is 12.9. The lowest BCUT2D eigenvalue weighted by Crippen LogP contribution is -2.53. The maximum Gasteiger partial charge on any atom is 0.416 e. The molecule has 0 radical (unpaired) electrons. The molecular formula is C19H16ClF3N4O2. The Kier molecular flexibility index (Phi) is 4.85. The molecule has 10 heteroatoms. The van der Waals surface area contributed by atoms with Gasteiger partial charge in [0.25, 0.3) is 0 Å². The fourth-order valence-electron chi connectivity index (χ4n) is 3.70. The van der Waals surface area contributed by atoms with Crippen molar-refractivity contribution in [2.24, 2.45) is 0 Å². The molecular weight excluding hydrogens is 409 g/mol. The summed E-state index contributed by atoms with van der Waals surface area (Å²) >= 11 is 6.03. The number of benzene rings is 1. The number of aromatic nitrogens is 1. The summed E-state index contributed by atoms with van der Waals surface area (Å²) in [5, 5.41) is 2.74. The number of alkyl halides is 3. The van der Waals surface area contributed by atoms with Crippen LogP contribution in [0.25, 0.3) is 0 Å². The second kappa shape index (κ2) is 7.22. The van der Waals surface area contributed by atoms with Gasteiger partial charge in [0.1, 0.15) is 12.6 Å². The van der Waals surface area contributed by atoms with Crippen LogP contribution >= 0.6 is 11.6 Å². The molecule has 0 aliphatic carbocycles. The highest BCUT2D eigenvalue weighted by atomic mass is 35.5. The molecule has 1 aromatic carbocycles. The highest BCUT2D eigenvalue weighted by Gasteiger charge is 2.42.